The van der Waals surface area contributed by atoms with Gasteiger partial charge in [-0.1, -0.05) is 47.5 Å². The third kappa shape index (κ3) is 3.90. The predicted molar refractivity (Wildman–Crippen MR) is 80.9 cm³/mol. The predicted octanol–water partition coefficient (Wildman–Crippen LogP) is 3.71. The van der Waals surface area contributed by atoms with Crippen LogP contribution in [0.3, 0.4) is 0 Å². The van der Waals surface area contributed by atoms with E-state index in [2.05, 4.69) is 14.1 Å². The van der Waals surface area contributed by atoms with E-state index in [4.69, 9.17) is 0 Å². The highest BCUT2D eigenvalue weighted by molar-refractivity contribution is 7.13. The Bertz CT molecular complexity index is 384. The van der Waals surface area contributed by atoms with E-state index in [1.54, 1.807) is 0 Å². The normalized spacial score (nSPS) is 16.9. The number of Topliss-reactive ketones (excluding diaryl/α,β-unsaturated/α-hetero) is 1. The molecule has 100 valence electrons. The summed E-state index contributed by atoms with van der Waals surface area (Å²) in [4.78, 5) is 12.3. The highest BCUT2D eigenvalue weighted by atomic mass is 31.0. The van der Waals surface area contributed by atoms with Gasteiger partial charge in [0.25, 0.3) is 0 Å². The van der Waals surface area contributed by atoms with Crippen LogP contribution in [0.2, 0.25) is 0 Å². The molecule has 0 N–H and O–H groups in total. The molecule has 1 aromatic rings. The summed E-state index contributed by atoms with van der Waals surface area (Å²) in [5.74, 6) is 0.550. The van der Waals surface area contributed by atoms with E-state index in [0.29, 0.717) is 5.78 Å². The fourth-order valence-electron chi connectivity index (χ4n) is 2.23. The molecule has 0 spiro atoms. The average Bonchev–Trinajstić information content (AvgIpc) is 2.42. The number of nitrogens with zero attached hydrogens (tertiary/aromatic N) is 1. The third-order valence-electron chi connectivity index (χ3n) is 3.31. The van der Waals surface area contributed by atoms with E-state index >= 15 is 0 Å². The van der Waals surface area contributed by atoms with Gasteiger partial charge in [0.05, 0.1) is 0 Å². The summed E-state index contributed by atoms with van der Waals surface area (Å²) < 4.78 is 2.21. The van der Waals surface area contributed by atoms with Gasteiger partial charge in [0.1, 0.15) is 0 Å². The summed E-state index contributed by atoms with van der Waals surface area (Å²) in [7, 11) is 2.71. The molecule has 18 heavy (non-hydrogen) atoms. The first-order valence-electron chi connectivity index (χ1n) is 6.78. The highest BCUT2D eigenvalue weighted by Crippen LogP contribution is 2.24. The van der Waals surface area contributed by atoms with E-state index in [1.807, 2.05) is 45.0 Å². The second-order valence-corrected chi connectivity index (χ2v) is 5.22. The maximum Gasteiger partial charge on any atom is 0.166 e. The summed E-state index contributed by atoms with van der Waals surface area (Å²) in [6.07, 6.45) is 1.97. The Balaban J connectivity index is 0.000000771. The van der Waals surface area contributed by atoms with Crippen molar-refractivity contribution in [1.82, 2.24) is 4.67 Å². The zero-order valence-corrected chi connectivity index (χ0v) is 12.8. The number of carbonyl (C=O) groups excluding carboxylic acids is 1. The molecule has 1 saturated heterocycles. The molecular formula is C15H24NOP. The Kier molecular flexibility index (Phi) is 6.52. The van der Waals surface area contributed by atoms with Gasteiger partial charge in [-0.05, 0) is 25.3 Å². The molecule has 1 atom stereocenters. The largest absolute Gasteiger partial charge is 0.294 e. The summed E-state index contributed by atoms with van der Waals surface area (Å²) in [6, 6.07) is 7.89. The van der Waals surface area contributed by atoms with Gasteiger partial charge < -0.3 is 0 Å². The lowest BCUT2D eigenvalue weighted by molar-refractivity contribution is 0.0878. The molecule has 0 bridgehead atoms. The van der Waals surface area contributed by atoms with E-state index in [1.165, 1.54) is 0 Å². The molecule has 2 nitrogen and oxygen atoms in total. The van der Waals surface area contributed by atoms with Crippen LogP contribution in [0, 0.1) is 12.8 Å². The quantitative estimate of drug-likeness (QED) is 0.600. The number of ketones is 1. The lowest BCUT2D eigenvalue weighted by Gasteiger charge is -2.28. The van der Waals surface area contributed by atoms with Gasteiger partial charge >= 0.3 is 0 Å². The van der Waals surface area contributed by atoms with Gasteiger partial charge in [0.2, 0.25) is 0 Å². The minimum Gasteiger partial charge on any atom is -0.294 e. The number of piperidine rings is 1. The van der Waals surface area contributed by atoms with Crippen molar-refractivity contribution in [2.24, 2.45) is 5.92 Å². The van der Waals surface area contributed by atoms with Gasteiger partial charge in [-0.2, -0.15) is 0 Å². The van der Waals surface area contributed by atoms with Crippen molar-refractivity contribution >= 4 is 15.2 Å². The van der Waals surface area contributed by atoms with Crippen LogP contribution in [0.1, 0.15) is 42.6 Å². The topological polar surface area (TPSA) is 20.3 Å². The first kappa shape index (κ1) is 15.3. The van der Waals surface area contributed by atoms with Crippen molar-refractivity contribution in [3.05, 3.63) is 35.4 Å². The second kappa shape index (κ2) is 7.66. The average molecular weight is 265 g/mol. The van der Waals surface area contributed by atoms with Crippen molar-refractivity contribution in [2.45, 2.75) is 33.6 Å². The molecule has 1 fully saturated rings. The van der Waals surface area contributed by atoms with Gasteiger partial charge in [0, 0.05) is 24.6 Å². The molecule has 0 radical (unpaired) electrons. The number of carbonyl (C=O) groups is 1. The molecule has 1 heterocycles. The standard InChI is InChI=1S/C13H18NOP.C2H6/c1-10-4-2-3-5-12(10)13(15)11-6-8-14(16)9-7-11;1-2/h2-5,11H,6-9,16H2,1H3;1-2H3. The molecule has 0 aliphatic carbocycles. The van der Waals surface area contributed by atoms with Crippen molar-refractivity contribution in [3.63, 3.8) is 0 Å². The lowest BCUT2D eigenvalue weighted by atomic mass is 9.88. The summed E-state index contributed by atoms with van der Waals surface area (Å²) in [6.45, 7) is 8.03. The lowest BCUT2D eigenvalue weighted by Crippen LogP contribution is -2.30. The van der Waals surface area contributed by atoms with Crippen LogP contribution in [-0.4, -0.2) is 23.5 Å². The minimum atomic E-state index is 0.220. The van der Waals surface area contributed by atoms with Gasteiger partial charge in [-0.15, -0.1) is 0 Å². The fraction of sp³-hybridized carbons (Fsp3) is 0.533. The Morgan fingerprint density at radius 1 is 1.22 bits per heavy atom. The molecule has 1 aromatic carbocycles. The number of hydrogen-bond acceptors (Lipinski definition) is 2. The number of hydrogen-bond donors (Lipinski definition) is 0. The smallest absolute Gasteiger partial charge is 0.166 e. The van der Waals surface area contributed by atoms with E-state index in [-0.39, 0.29) is 5.92 Å². The van der Waals surface area contributed by atoms with Gasteiger partial charge in [-0.3, -0.25) is 9.46 Å². The Hall–Kier alpha value is -0.720. The minimum absolute atomic E-state index is 0.220. The summed E-state index contributed by atoms with van der Waals surface area (Å²) in [5.41, 5.74) is 2.01. The molecule has 1 aliphatic rings. The van der Waals surface area contributed by atoms with Crippen molar-refractivity contribution in [2.75, 3.05) is 13.1 Å². The van der Waals surface area contributed by atoms with Crippen molar-refractivity contribution in [3.8, 4) is 0 Å². The van der Waals surface area contributed by atoms with Gasteiger partial charge in [0.15, 0.2) is 5.78 Å². The van der Waals surface area contributed by atoms with Crippen LogP contribution >= 0.6 is 9.39 Å². The van der Waals surface area contributed by atoms with Crippen LogP contribution in [0.15, 0.2) is 24.3 Å². The summed E-state index contributed by atoms with van der Waals surface area (Å²) >= 11 is 0. The second-order valence-electron chi connectivity index (χ2n) is 4.49. The van der Waals surface area contributed by atoms with Crippen LogP contribution in [-0.2, 0) is 0 Å². The Morgan fingerprint density at radius 2 is 1.78 bits per heavy atom. The zero-order valence-electron chi connectivity index (χ0n) is 11.6. The molecule has 0 aromatic heterocycles. The van der Waals surface area contributed by atoms with Crippen LogP contribution in [0.4, 0.5) is 0 Å². The van der Waals surface area contributed by atoms with Crippen molar-refractivity contribution in [1.29, 1.82) is 0 Å². The van der Waals surface area contributed by atoms with E-state index in [9.17, 15) is 4.79 Å². The number of aryl methyl sites for hydroxylation is 1. The zero-order chi connectivity index (χ0) is 13.5. The highest BCUT2D eigenvalue weighted by Gasteiger charge is 2.24. The molecule has 1 aliphatic heterocycles. The molecule has 0 amide bonds. The van der Waals surface area contributed by atoms with E-state index < -0.39 is 0 Å². The van der Waals surface area contributed by atoms with Crippen LogP contribution in [0.5, 0.6) is 0 Å². The molecule has 3 heteroatoms. The number of rotatable bonds is 2. The Labute approximate surface area is 113 Å². The molecule has 1 unspecified atom stereocenters. The first-order valence-corrected chi connectivity index (χ1v) is 7.29. The summed E-state index contributed by atoms with van der Waals surface area (Å²) in [5, 5.41) is 0. The van der Waals surface area contributed by atoms with Crippen LogP contribution in [0.25, 0.3) is 0 Å². The fourth-order valence-corrected chi connectivity index (χ4v) is 2.53. The van der Waals surface area contributed by atoms with E-state index in [0.717, 1.165) is 37.1 Å². The van der Waals surface area contributed by atoms with Crippen molar-refractivity contribution < 1.29 is 4.79 Å². The first-order chi connectivity index (χ1) is 8.68. The van der Waals surface area contributed by atoms with Crippen LogP contribution < -0.4 is 0 Å². The SMILES string of the molecule is CC.Cc1ccccc1C(=O)C1CCN(P)CC1. The maximum atomic E-state index is 12.3. The monoisotopic (exact) mass is 265 g/mol. The van der Waals surface area contributed by atoms with Gasteiger partial charge in [-0.25, -0.2) is 0 Å². The maximum absolute atomic E-state index is 12.3. The molecule has 2 rings (SSSR count). The molecule has 0 saturated carbocycles. The third-order valence-corrected chi connectivity index (χ3v) is 3.83. The Morgan fingerprint density at radius 3 is 2.33 bits per heavy atom. The molecular weight excluding hydrogens is 241 g/mol. The number of benzene rings is 1.